The first-order valence-corrected chi connectivity index (χ1v) is 16.2. The Hall–Kier alpha value is -4.48. The number of anilines is 4. The van der Waals surface area contributed by atoms with Gasteiger partial charge in [-0.2, -0.15) is 0 Å². The Bertz CT molecular complexity index is 1840. The van der Waals surface area contributed by atoms with Crippen molar-refractivity contribution in [3.63, 3.8) is 0 Å². The van der Waals surface area contributed by atoms with Crippen molar-refractivity contribution >= 4 is 28.8 Å². The minimum Gasteiger partial charge on any atom is -0.392 e. The molecule has 1 fully saturated rings. The van der Waals surface area contributed by atoms with Gasteiger partial charge in [0.15, 0.2) is 0 Å². The lowest BCUT2D eigenvalue weighted by atomic mass is 9.97. The van der Waals surface area contributed by atoms with Crippen molar-refractivity contribution in [1.82, 2.24) is 19.0 Å². The summed E-state index contributed by atoms with van der Waals surface area (Å²) in [6.07, 6.45) is 7.59. The Balaban J connectivity index is 1.18. The van der Waals surface area contributed by atoms with E-state index in [1.807, 2.05) is 24.4 Å². The fraction of sp³-hybridized carbons (Fsp3) is 0.400. The number of rotatable bonds is 7. The molecule has 0 saturated carbocycles. The van der Waals surface area contributed by atoms with Crippen molar-refractivity contribution in [2.75, 3.05) is 54.4 Å². The van der Waals surface area contributed by atoms with Crippen LogP contribution < -0.4 is 20.7 Å². The van der Waals surface area contributed by atoms with Gasteiger partial charge in [-0.1, -0.05) is 6.92 Å². The van der Waals surface area contributed by atoms with Crippen molar-refractivity contribution in [2.24, 2.45) is 7.05 Å². The number of aliphatic hydroxyl groups excluding tert-OH is 1. The summed E-state index contributed by atoms with van der Waals surface area (Å²) in [5.74, 6) is -0.218. The molecule has 7 rings (SSSR count). The number of carbonyl (C=O) groups is 1. The molecule has 4 aromatic rings. The third-order valence-electron chi connectivity index (χ3n) is 9.75. The van der Waals surface area contributed by atoms with Crippen LogP contribution in [0.1, 0.15) is 47.1 Å². The van der Waals surface area contributed by atoms with E-state index in [4.69, 9.17) is 0 Å². The Morgan fingerprint density at radius 2 is 1.78 bits per heavy atom. The predicted molar refractivity (Wildman–Crippen MR) is 178 cm³/mol. The van der Waals surface area contributed by atoms with E-state index < -0.39 is 12.4 Å². The number of aromatic nitrogens is 3. The van der Waals surface area contributed by atoms with Crippen LogP contribution in [0.3, 0.4) is 0 Å². The number of hydrogen-bond acceptors (Lipinski definition) is 7. The molecule has 2 aliphatic heterocycles. The lowest BCUT2D eigenvalue weighted by molar-refractivity contribution is 0.0964. The number of carbonyl (C=O) groups excluding carboxylic acids is 1. The fourth-order valence-electron chi connectivity index (χ4n) is 7.21. The second-order valence-electron chi connectivity index (χ2n) is 12.4. The van der Waals surface area contributed by atoms with Crippen LogP contribution in [0.15, 0.2) is 53.6 Å². The molecule has 1 aliphatic carbocycles. The molecule has 5 heterocycles. The van der Waals surface area contributed by atoms with E-state index in [1.165, 1.54) is 28.0 Å². The molecule has 0 radical (unpaired) electrons. The smallest absolute Gasteiger partial charge is 0.274 e. The van der Waals surface area contributed by atoms with Gasteiger partial charge in [-0.25, -0.2) is 9.37 Å². The number of aliphatic hydroxyl groups is 1. The monoisotopic (exact) mass is 625 g/mol. The quantitative estimate of drug-likeness (QED) is 0.316. The molecule has 0 bridgehead atoms. The van der Waals surface area contributed by atoms with Crippen LogP contribution in [0.2, 0.25) is 0 Å². The minimum atomic E-state index is -0.532. The summed E-state index contributed by atoms with van der Waals surface area (Å²) in [5.41, 5.74) is 5.81. The second kappa shape index (κ2) is 12.4. The number of pyridine rings is 2. The summed E-state index contributed by atoms with van der Waals surface area (Å²) >= 11 is 0. The molecular weight excluding hydrogens is 585 g/mol. The summed E-state index contributed by atoms with van der Waals surface area (Å²) in [6, 6.07) is 10.1. The molecule has 46 heavy (non-hydrogen) atoms. The summed E-state index contributed by atoms with van der Waals surface area (Å²) in [7, 11) is 1.63. The SMILES string of the molecule is CCN1CCN(c2ccc(Nc3cc(-c4cc(F)cc(N5CCn6c(cc7c6CCCC7)C5=O)c4CO)cn(C)c3=O)nc2)CC1. The first-order chi connectivity index (χ1) is 22.3. The number of aryl methyl sites for hydroxylation is 2. The Labute approximate surface area is 267 Å². The van der Waals surface area contributed by atoms with Crippen LogP contribution in [-0.2, 0) is 33.0 Å². The third kappa shape index (κ3) is 5.47. The second-order valence-corrected chi connectivity index (χ2v) is 12.4. The molecule has 11 heteroatoms. The van der Waals surface area contributed by atoms with Crippen LogP contribution in [0.5, 0.6) is 0 Å². The Morgan fingerprint density at radius 3 is 2.52 bits per heavy atom. The minimum absolute atomic E-state index is 0.198. The van der Waals surface area contributed by atoms with Crippen molar-refractivity contribution in [1.29, 1.82) is 0 Å². The summed E-state index contributed by atoms with van der Waals surface area (Å²) in [4.78, 5) is 37.9. The molecule has 1 saturated heterocycles. The van der Waals surface area contributed by atoms with Gasteiger partial charge in [-0.3, -0.25) is 9.59 Å². The van der Waals surface area contributed by atoms with Gasteiger partial charge in [0.2, 0.25) is 0 Å². The van der Waals surface area contributed by atoms with Gasteiger partial charge in [0.25, 0.3) is 11.5 Å². The van der Waals surface area contributed by atoms with E-state index in [2.05, 4.69) is 31.6 Å². The number of nitrogens with one attached hydrogen (secondary N) is 1. The molecule has 3 aliphatic rings. The average Bonchev–Trinajstić information content (AvgIpc) is 3.46. The normalized spacial score (nSPS) is 16.8. The van der Waals surface area contributed by atoms with Crippen LogP contribution in [0.25, 0.3) is 11.1 Å². The van der Waals surface area contributed by atoms with Gasteiger partial charge in [0.1, 0.15) is 23.0 Å². The molecule has 0 unspecified atom stereocenters. The average molecular weight is 626 g/mol. The zero-order valence-electron chi connectivity index (χ0n) is 26.4. The van der Waals surface area contributed by atoms with E-state index in [1.54, 1.807) is 24.2 Å². The van der Waals surface area contributed by atoms with E-state index in [9.17, 15) is 14.7 Å². The lowest BCUT2D eigenvalue weighted by Crippen LogP contribution is -2.46. The topological polar surface area (TPSA) is 98.9 Å². The molecule has 0 atom stereocenters. The number of benzene rings is 1. The number of nitrogens with zero attached hydrogens (tertiary/aromatic N) is 6. The van der Waals surface area contributed by atoms with Gasteiger partial charge in [0.05, 0.1) is 24.2 Å². The van der Waals surface area contributed by atoms with Gasteiger partial charge in [0, 0.05) is 69.3 Å². The number of amides is 1. The molecule has 3 aromatic heterocycles. The lowest BCUT2D eigenvalue weighted by Gasteiger charge is -2.35. The van der Waals surface area contributed by atoms with Crippen LogP contribution in [-0.4, -0.2) is 69.3 Å². The van der Waals surface area contributed by atoms with E-state index in [-0.39, 0.29) is 17.2 Å². The highest BCUT2D eigenvalue weighted by Gasteiger charge is 2.32. The molecule has 0 spiro atoms. The fourth-order valence-corrected chi connectivity index (χ4v) is 7.21. The number of piperazine rings is 1. The molecule has 10 nitrogen and oxygen atoms in total. The predicted octanol–water partition coefficient (Wildman–Crippen LogP) is 4.30. The van der Waals surface area contributed by atoms with Crippen molar-refractivity contribution in [2.45, 2.75) is 45.8 Å². The molecule has 1 aromatic carbocycles. The zero-order chi connectivity index (χ0) is 31.9. The first-order valence-electron chi connectivity index (χ1n) is 16.2. The van der Waals surface area contributed by atoms with Crippen molar-refractivity contribution in [3.8, 4) is 11.1 Å². The highest BCUT2D eigenvalue weighted by molar-refractivity contribution is 6.07. The van der Waals surface area contributed by atoms with E-state index in [0.29, 0.717) is 47.0 Å². The maximum atomic E-state index is 15.3. The largest absolute Gasteiger partial charge is 0.392 e. The number of hydrogen-bond donors (Lipinski definition) is 2. The van der Waals surface area contributed by atoms with Gasteiger partial charge >= 0.3 is 0 Å². The standard InChI is InChI=1S/C35H40FN7O3/c1-3-40-10-12-41(13-11-40)26-8-9-33(37-20-26)38-29-16-24(21-39(2)34(29)45)27-18-25(36)19-31(28(27)22-44)43-15-14-42-30-7-5-4-6-23(30)17-32(42)35(43)46/h8-9,16-21,44H,3-7,10-15,22H2,1-2H3,(H,37,38). The Kier molecular flexibility index (Phi) is 8.12. The van der Waals surface area contributed by atoms with Crippen molar-refractivity contribution in [3.05, 3.63) is 87.5 Å². The molecule has 240 valence electrons. The van der Waals surface area contributed by atoms with Crippen molar-refractivity contribution < 1.29 is 14.3 Å². The third-order valence-corrected chi connectivity index (χ3v) is 9.75. The highest BCUT2D eigenvalue weighted by atomic mass is 19.1. The highest BCUT2D eigenvalue weighted by Crippen LogP contribution is 2.37. The summed E-state index contributed by atoms with van der Waals surface area (Å²) in [5, 5.41) is 13.8. The van der Waals surface area contributed by atoms with Gasteiger partial charge in [-0.15, -0.1) is 0 Å². The van der Waals surface area contributed by atoms with Crippen LogP contribution >= 0.6 is 0 Å². The summed E-state index contributed by atoms with van der Waals surface area (Å²) < 4.78 is 18.9. The van der Waals surface area contributed by atoms with Crippen LogP contribution in [0.4, 0.5) is 27.3 Å². The maximum Gasteiger partial charge on any atom is 0.274 e. The molecular formula is C35H40FN7O3. The van der Waals surface area contributed by atoms with Gasteiger partial charge in [-0.05, 0) is 79.8 Å². The number of fused-ring (bicyclic) bond motifs is 3. The van der Waals surface area contributed by atoms with Gasteiger partial charge < -0.3 is 34.3 Å². The number of likely N-dealkylation sites (N-methyl/N-ethyl adjacent to an activating group) is 1. The van der Waals surface area contributed by atoms with Crippen LogP contribution in [0, 0.1) is 5.82 Å². The summed E-state index contributed by atoms with van der Waals surface area (Å²) in [6.45, 7) is 7.70. The number of halogens is 1. The van der Waals surface area contributed by atoms with E-state index >= 15 is 4.39 Å². The molecule has 1 amide bonds. The maximum absolute atomic E-state index is 15.3. The Morgan fingerprint density at radius 1 is 0.978 bits per heavy atom. The first kappa shape index (κ1) is 30.2. The zero-order valence-corrected chi connectivity index (χ0v) is 26.4. The molecule has 2 N–H and O–H groups in total. The van der Waals surface area contributed by atoms with E-state index in [0.717, 1.165) is 64.1 Å².